The lowest BCUT2D eigenvalue weighted by molar-refractivity contribution is -0.118. The lowest BCUT2D eigenvalue weighted by Gasteiger charge is -2.13. The van der Waals surface area contributed by atoms with Crippen LogP contribution in [0.1, 0.15) is 23.7 Å². The van der Waals surface area contributed by atoms with Gasteiger partial charge in [0.15, 0.2) is 5.78 Å². The zero-order valence-corrected chi connectivity index (χ0v) is 11.2. The van der Waals surface area contributed by atoms with Crippen LogP contribution in [-0.4, -0.2) is 16.7 Å². The zero-order chi connectivity index (χ0) is 14.4. The zero-order valence-electron chi connectivity index (χ0n) is 11.2. The molecule has 4 nitrogen and oxygen atoms in total. The highest BCUT2D eigenvalue weighted by Gasteiger charge is 2.25. The highest BCUT2D eigenvalue weighted by Crippen LogP contribution is 2.15. The summed E-state index contributed by atoms with van der Waals surface area (Å²) in [5.41, 5.74) is 1.15. The molecule has 0 spiro atoms. The summed E-state index contributed by atoms with van der Waals surface area (Å²) in [6.07, 6.45) is 3.64. The molecule has 102 valence electrons. The van der Waals surface area contributed by atoms with Crippen LogP contribution in [0.3, 0.4) is 0 Å². The summed E-state index contributed by atoms with van der Waals surface area (Å²) in [5, 5.41) is 2.72. The number of carbonyl (C=O) groups is 2. The fourth-order valence-corrected chi connectivity index (χ4v) is 1.96. The molecule has 0 fully saturated rings. The average molecular weight is 268 g/mol. The molecule has 2 aromatic rings. The summed E-state index contributed by atoms with van der Waals surface area (Å²) in [7, 11) is 0. The molecule has 1 aromatic carbocycles. The van der Waals surface area contributed by atoms with Gasteiger partial charge in [-0.25, -0.2) is 0 Å². The quantitative estimate of drug-likeness (QED) is 0.670. The fraction of sp³-hybridized carbons (Fsp3) is 0.188. The number of hydrogen-bond acceptors (Lipinski definition) is 3. The Balaban J connectivity index is 2.12. The summed E-state index contributed by atoms with van der Waals surface area (Å²) in [6.45, 7) is 1.83. The molecule has 0 aliphatic heterocycles. The van der Waals surface area contributed by atoms with E-state index in [9.17, 15) is 9.59 Å². The van der Waals surface area contributed by atoms with Gasteiger partial charge in [0, 0.05) is 11.8 Å². The second-order valence-corrected chi connectivity index (χ2v) is 4.42. The molecule has 0 aliphatic carbocycles. The molecule has 0 saturated carbocycles. The Morgan fingerprint density at radius 2 is 1.90 bits per heavy atom. The van der Waals surface area contributed by atoms with E-state index >= 15 is 0 Å². The Morgan fingerprint density at radius 1 is 1.15 bits per heavy atom. The van der Waals surface area contributed by atoms with Crippen LogP contribution in [0.4, 0.5) is 5.69 Å². The van der Waals surface area contributed by atoms with E-state index in [1.165, 1.54) is 0 Å². The number of carbonyl (C=O) groups excluding carboxylic acids is 2. The lowest BCUT2D eigenvalue weighted by Crippen LogP contribution is -2.29. The number of rotatable bonds is 5. The van der Waals surface area contributed by atoms with Gasteiger partial charge in [-0.05, 0) is 18.6 Å². The van der Waals surface area contributed by atoms with Crippen LogP contribution in [0.25, 0.3) is 0 Å². The van der Waals surface area contributed by atoms with E-state index in [2.05, 4.69) is 10.3 Å². The monoisotopic (exact) mass is 268 g/mol. The predicted octanol–water partition coefficient (Wildman–Crippen LogP) is 2.93. The van der Waals surface area contributed by atoms with Crippen molar-refractivity contribution in [1.82, 2.24) is 4.98 Å². The third kappa shape index (κ3) is 3.29. The first-order valence-electron chi connectivity index (χ1n) is 6.52. The van der Waals surface area contributed by atoms with Gasteiger partial charge >= 0.3 is 0 Å². The molecule has 1 unspecified atom stereocenters. The van der Waals surface area contributed by atoms with Gasteiger partial charge in [0.05, 0.1) is 11.9 Å². The maximum Gasteiger partial charge on any atom is 0.235 e. The Bertz CT molecular complexity index is 582. The molecule has 0 saturated heterocycles. The molecule has 1 atom stereocenters. The largest absolute Gasteiger partial charge is 0.324 e. The van der Waals surface area contributed by atoms with E-state index < -0.39 is 5.92 Å². The van der Waals surface area contributed by atoms with E-state index in [4.69, 9.17) is 0 Å². The van der Waals surface area contributed by atoms with Gasteiger partial charge < -0.3 is 5.32 Å². The van der Waals surface area contributed by atoms with Gasteiger partial charge in [0.1, 0.15) is 5.92 Å². The highest BCUT2D eigenvalue weighted by molar-refractivity contribution is 6.13. The average Bonchev–Trinajstić information content (AvgIpc) is 2.49. The molecule has 0 aliphatic rings. The van der Waals surface area contributed by atoms with Gasteiger partial charge in [-0.2, -0.15) is 0 Å². The van der Waals surface area contributed by atoms with Gasteiger partial charge in [0.2, 0.25) is 5.91 Å². The standard InChI is InChI=1S/C16H16N2O2/c1-2-14(15(19)12-7-4-3-5-8-12)16(20)18-13-9-6-10-17-11-13/h3-11,14H,2H2,1H3,(H,18,20). The Kier molecular flexibility index (Phi) is 4.60. The van der Waals surface area contributed by atoms with Crippen LogP contribution in [0.5, 0.6) is 0 Å². The number of Topliss-reactive ketones (excluding diaryl/α,β-unsaturated/α-hetero) is 1. The van der Waals surface area contributed by atoms with Crippen molar-refractivity contribution in [2.75, 3.05) is 5.32 Å². The van der Waals surface area contributed by atoms with Crippen LogP contribution in [0, 0.1) is 5.92 Å². The number of benzene rings is 1. The molecular weight excluding hydrogens is 252 g/mol. The molecule has 20 heavy (non-hydrogen) atoms. The third-order valence-electron chi connectivity index (χ3n) is 3.03. The molecular formula is C16H16N2O2. The Hall–Kier alpha value is -2.49. The van der Waals surface area contributed by atoms with Crippen molar-refractivity contribution in [1.29, 1.82) is 0 Å². The summed E-state index contributed by atoms with van der Waals surface area (Å²) < 4.78 is 0. The number of nitrogens with zero attached hydrogens (tertiary/aromatic N) is 1. The Morgan fingerprint density at radius 3 is 2.50 bits per heavy atom. The Labute approximate surface area is 117 Å². The van der Waals surface area contributed by atoms with Gasteiger partial charge in [-0.1, -0.05) is 37.3 Å². The predicted molar refractivity (Wildman–Crippen MR) is 77.4 cm³/mol. The minimum absolute atomic E-state index is 0.158. The number of hydrogen-bond donors (Lipinski definition) is 1. The van der Waals surface area contributed by atoms with Crippen molar-refractivity contribution >= 4 is 17.4 Å². The second-order valence-electron chi connectivity index (χ2n) is 4.42. The molecule has 0 radical (unpaired) electrons. The summed E-state index contributed by atoms with van der Waals surface area (Å²) in [5.74, 6) is -1.14. The topological polar surface area (TPSA) is 59.1 Å². The number of aromatic nitrogens is 1. The summed E-state index contributed by atoms with van der Waals surface area (Å²) >= 11 is 0. The first kappa shape index (κ1) is 13.9. The van der Waals surface area contributed by atoms with E-state index in [0.29, 0.717) is 17.7 Å². The summed E-state index contributed by atoms with van der Waals surface area (Å²) in [4.78, 5) is 28.5. The fourth-order valence-electron chi connectivity index (χ4n) is 1.96. The molecule has 4 heteroatoms. The second kappa shape index (κ2) is 6.61. The molecule has 1 N–H and O–H groups in total. The summed E-state index contributed by atoms with van der Waals surface area (Å²) in [6, 6.07) is 12.3. The van der Waals surface area contributed by atoms with Crippen LogP contribution >= 0.6 is 0 Å². The number of ketones is 1. The normalized spacial score (nSPS) is 11.7. The first-order chi connectivity index (χ1) is 9.72. The van der Waals surface area contributed by atoms with E-state index in [1.54, 1.807) is 48.8 Å². The SMILES string of the molecule is CCC(C(=O)Nc1cccnc1)C(=O)c1ccccc1. The van der Waals surface area contributed by atoms with Crippen molar-refractivity contribution in [3.63, 3.8) is 0 Å². The van der Waals surface area contributed by atoms with Crippen LogP contribution < -0.4 is 5.32 Å². The minimum Gasteiger partial charge on any atom is -0.324 e. The lowest BCUT2D eigenvalue weighted by atomic mass is 9.94. The highest BCUT2D eigenvalue weighted by atomic mass is 16.2. The third-order valence-corrected chi connectivity index (χ3v) is 3.03. The molecule has 2 rings (SSSR count). The van der Waals surface area contributed by atoms with Gasteiger partial charge in [-0.15, -0.1) is 0 Å². The van der Waals surface area contributed by atoms with E-state index in [1.807, 2.05) is 13.0 Å². The minimum atomic E-state index is -0.683. The van der Waals surface area contributed by atoms with Crippen molar-refractivity contribution in [2.45, 2.75) is 13.3 Å². The van der Waals surface area contributed by atoms with E-state index in [0.717, 1.165) is 0 Å². The maximum atomic E-state index is 12.3. The van der Waals surface area contributed by atoms with Gasteiger partial charge in [-0.3, -0.25) is 14.6 Å². The molecule has 0 bridgehead atoms. The number of amides is 1. The van der Waals surface area contributed by atoms with Crippen molar-refractivity contribution in [3.8, 4) is 0 Å². The molecule has 1 aromatic heterocycles. The molecule has 1 heterocycles. The number of anilines is 1. The smallest absolute Gasteiger partial charge is 0.235 e. The van der Waals surface area contributed by atoms with Crippen molar-refractivity contribution < 1.29 is 9.59 Å². The first-order valence-corrected chi connectivity index (χ1v) is 6.52. The van der Waals surface area contributed by atoms with Crippen LogP contribution in [0.2, 0.25) is 0 Å². The van der Waals surface area contributed by atoms with Gasteiger partial charge in [0.25, 0.3) is 0 Å². The number of pyridine rings is 1. The van der Waals surface area contributed by atoms with Crippen LogP contribution in [0.15, 0.2) is 54.9 Å². The number of nitrogens with one attached hydrogen (secondary N) is 1. The van der Waals surface area contributed by atoms with Crippen molar-refractivity contribution in [2.24, 2.45) is 5.92 Å². The maximum absolute atomic E-state index is 12.3. The van der Waals surface area contributed by atoms with Crippen LogP contribution in [-0.2, 0) is 4.79 Å². The van der Waals surface area contributed by atoms with Crippen molar-refractivity contribution in [3.05, 3.63) is 60.4 Å². The van der Waals surface area contributed by atoms with E-state index in [-0.39, 0.29) is 11.7 Å². The molecule has 1 amide bonds.